The van der Waals surface area contributed by atoms with E-state index in [1.54, 1.807) is 42.7 Å². The van der Waals surface area contributed by atoms with Crippen LogP contribution in [0.1, 0.15) is 107 Å². The Morgan fingerprint density at radius 2 is 1.58 bits per heavy atom. The highest BCUT2D eigenvalue weighted by Crippen LogP contribution is 2.40. The zero-order valence-corrected chi connectivity index (χ0v) is 33.9. The third kappa shape index (κ3) is 15.7. The quantitative estimate of drug-likeness (QED) is 0.0565. The maximum Gasteiger partial charge on any atom is 0.323 e. The molecule has 1 saturated carbocycles. The van der Waals surface area contributed by atoms with Crippen LogP contribution in [0.5, 0.6) is 0 Å². The highest BCUT2D eigenvalue weighted by molar-refractivity contribution is 6.00. The van der Waals surface area contributed by atoms with Crippen molar-refractivity contribution in [1.82, 2.24) is 15.6 Å². The number of hydrogen-bond acceptors (Lipinski definition) is 8. The number of aliphatic carboxylic acids is 1. The van der Waals surface area contributed by atoms with Crippen LogP contribution in [-0.2, 0) is 41.6 Å². The molecule has 1 aliphatic rings. The number of hydrogen-bond donors (Lipinski definition) is 6. The number of urea groups is 1. The molecule has 7 N–H and O–H groups in total. The molecule has 59 heavy (non-hydrogen) atoms. The van der Waals surface area contributed by atoms with Gasteiger partial charge in [0, 0.05) is 68.3 Å². The topological polar surface area (TPSA) is 227 Å². The summed E-state index contributed by atoms with van der Waals surface area (Å²) in [5.74, 6) is -3.62. The van der Waals surface area contributed by atoms with Crippen molar-refractivity contribution in [3.05, 3.63) is 89.7 Å². The predicted octanol–water partition coefficient (Wildman–Crippen LogP) is 6.21. The third-order valence-corrected chi connectivity index (χ3v) is 11.0. The molecule has 1 aromatic heterocycles. The zero-order valence-electron chi connectivity index (χ0n) is 33.9. The number of aromatic nitrogens is 1. The van der Waals surface area contributed by atoms with Crippen molar-refractivity contribution in [1.29, 1.82) is 0 Å². The molecule has 0 bridgehead atoms. The van der Waals surface area contributed by atoms with E-state index in [4.69, 9.17) is 5.73 Å². The second-order valence-electron chi connectivity index (χ2n) is 15.6. The van der Waals surface area contributed by atoms with Gasteiger partial charge in [-0.25, -0.2) is 4.79 Å². The molecule has 2 aromatic carbocycles. The van der Waals surface area contributed by atoms with Gasteiger partial charge in [-0.3, -0.25) is 33.8 Å². The molecule has 5 amide bonds. The zero-order chi connectivity index (χ0) is 42.6. The first-order valence-electron chi connectivity index (χ1n) is 20.6. The fourth-order valence-electron chi connectivity index (χ4n) is 7.50. The summed E-state index contributed by atoms with van der Waals surface area (Å²) in [6, 6.07) is 16.5. The number of carboxylic acids is 1. The molecule has 0 aliphatic heterocycles. The van der Waals surface area contributed by atoms with Gasteiger partial charge in [0.2, 0.25) is 17.7 Å². The van der Waals surface area contributed by atoms with Crippen LogP contribution in [0.2, 0.25) is 0 Å². The van der Waals surface area contributed by atoms with Crippen LogP contribution in [0.25, 0.3) is 0 Å². The minimum absolute atomic E-state index is 0.0224. The number of carbonyl (C=O) groups excluding carboxylic acids is 6. The lowest BCUT2D eigenvalue weighted by Gasteiger charge is -2.35. The molecule has 0 saturated heterocycles. The number of pyridine rings is 1. The van der Waals surface area contributed by atoms with Crippen molar-refractivity contribution in [3.8, 4) is 0 Å². The van der Waals surface area contributed by atoms with Gasteiger partial charge in [0.05, 0.1) is 11.5 Å². The molecular formula is C45H58N6O8. The number of primary amides is 1. The van der Waals surface area contributed by atoms with Crippen LogP contribution in [0, 0.1) is 18.3 Å². The minimum atomic E-state index is -1.06. The molecule has 0 spiro atoms. The smallest absolute Gasteiger partial charge is 0.323 e. The number of nitrogens with one attached hydrogen (secondary N) is 4. The van der Waals surface area contributed by atoms with E-state index in [-0.39, 0.29) is 56.0 Å². The molecular weight excluding hydrogens is 753 g/mol. The molecule has 0 radical (unpaired) electrons. The number of aryl methyl sites for hydroxylation is 2. The van der Waals surface area contributed by atoms with E-state index in [0.717, 1.165) is 30.4 Å². The highest BCUT2D eigenvalue weighted by atomic mass is 16.4. The summed E-state index contributed by atoms with van der Waals surface area (Å²) in [4.78, 5) is 94.4. The van der Waals surface area contributed by atoms with Crippen molar-refractivity contribution in [3.63, 3.8) is 0 Å². The molecule has 1 aliphatic carbocycles. The maximum absolute atomic E-state index is 14.0. The Morgan fingerprint density at radius 1 is 0.831 bits per heavy atom. The molecule has 316 valence electrons. The van der Waals surface area contributed by atoms with E-state index < -0.39 is 41.2 Å². The van der Waals surface area contributed by atoms with E-state index in [1.807, 2.05) is 37.3 Å². The first-order chi connectivity index (χ1) is 28.3. The van der Waals surface area contributed by atoms with Crippen LogP contribution in [0.15, 0.2) is 73.1 Å². The average Bonchev–Trinajstić information content (AvgIpc) is 3.21. The van der Waals surface area contributed by atoms with Crippen LogP contribution < -0.4 is 27.0 Å². The molecule has 2 atom stereocenters. The molecule has 1 fully saturated rings. The van der Waals surface area contributed by atoms with Crippen molar-refractivity contribution in [2.75, 3.05) is 17.2 Å². The van der Waals surface area contributed by atoms with Crippen LogP contribution in [0.3, 0.4) is 0 Å². The summed E-state index contributed by atoms with van der Waals surface area (Å²) >= 11 is 0. The van der Waals surface area contributed by atoms with Crippen molar-refractivity contribution in [2.45, 2.75) is 116 Å². The number of anilines is 2. The summed E-state index contributed by atoms with van der Waals surface area (Å²) in [5.41, 5.74) is 8.56. The second-order valence-corrected chi connectivity index (χ2v) is 15.6. The molecule has 1 heterocycles. The first kappa shape index (κ1) is 45.8. The minimum Gasteiger partial charge on any atom is -0.481 e. The second kappa shape index (κ2) is 23.5. The number of ketones is 2. The highest BCUT2D eigenvalue weighted by Gasteiger charge is 2.41. The number of Topliss-reactive ketones (excluding diaryl/α,β-unsaturated/α-hetero) is 2. The Bertz CT molecular complexity index is 1900. The van der Waals surface area contributed by atoms with E-state index in [9.17, 15) is 38.7 Å². The Labute approximate surface area is 345 Å². The number of para-hydroxylation sites is 1. The predicted molar refractivity (Wildman–Crippen MR) is 224 cm³/mol. The van der Waals surface area contributed by atoms with Gasteiger partial charge in [-0.1, -0.05) is 62.1 Å². The largest absolute Gasteiger partial charge is 0.481 e. The summed E-state index contributed by atoms with van der Waals surface area (Å²) in [6.07, 6.45) is 8.70. The number of carboxylic acid groups (broad SMARTS) is 1. The van der Waals surface area contributed by atoms with Crippen LogP contribution in [-0.4, -0.2) is 64.0 Å². The Morgan fingerprint density at radius 3 is 2.25 bits per heavy atom. The molecule has 14 heteroatoms. The van der Waals surface area contributed by atoms with Crippen molar-refractivity contribution >= 4 is 52.7 Å². The number of nitrogens with zero attached hydrogens (tertiary/aromatic N) is 1. The Hall–Kier alpha value is -5.92. The fourth-order valence-corrected chi connectivity index (χ4v) is 7.50. The number of rotatable bonds is 24. The Kier molecular flexibility index (Phi) is 18.2. The molecule has 4 rings (SSSR count). The number of carbonyl (C=O) groups is 7. The van der Waals surface area contributed by atoms with Gasteiger partial charge in [-0.05, 0) is 92.8 Å². The number of unbranched alkanes of at least 4 members (excludes halogenated alkanes) is 1. The van der Waals surface area contributed by atoms with Gasteiger partial charge in [0.1, 0.15) is 5.78 Å². The third-order valence-electron chi connectivity index (χ3n) is 11.0. The standard InChI is InChI=1S/C45H58N6O8/c1-31-11-3-4-14-37(31)51-44(59)49-35-20-17-32(18-21-35)27-36(52)28-34(13-5-8-26-48-40(54)22-19-33-12-10-25-47-30-33)42(57)50-38(15-9-16-41(55)56)39(53)29-45(43(46)58)23-6-2-7-24-45/h3-4,10-12,14,17-18,20-21,25,30,34,38H,2,5-9,13,15-16,19,22-24,26-29H2,1H3,(H2,46,58)(H,48,54)(H,50,57)(H,55,56)(H2,49,51,59)/t34-,38+/m1/s1. The van der Waals surface area contributed by atoms with Gasteiger partial charge >= 0.3 is 12.0 Å². The normalized spacial score (nSPS) is 14.3. The van der Waals surface area contributed by atoms with Crippen molar-refractivity contribution < 1.29 is 38.7 Å². The van der Waals surface area contributed by atoms with E-state index in [2.05, 4.69) is 26.3 Å². The lowest BCUT2D eigenvalue weighted by Crippen LogP contribution is -2.48. The SMILES string of the molecule is Cc1ccccc1NC(=O)Nc1ccc(CC(=O)C[C@@H](CCCCNC(=O)CCc2cccnc2)C(=O)N[C@@H](CCCC(=O)O)C(=O)CC2(C(N)=O)CCCCC2)cc1. The van der Waals surface area contributed by atoms with E-state index in [1.165, 1.54) is 0 Å². The van der Waals surface area contributed by atoms with E-state index >= 15 is 0 Å². The number of amides is 5. The monoisotopic (exact) mass is 810 g/mol. The maximum atomic E-state index is 14.0. The van der Waals surface area contributed by atoms with Gasteiger partial charge in [0.25, 0.3) is 0 Å². The number of nitrogens with two attached hydrogens (primary N) is 1. The summed E-state index contributed by atoms with van der Waals surface area (Å²) < 4.78 is 0. The van der Waals surface area contributed by atoms with Gasteiger partial charge < -0.3 is 32.1 Å². The van der Waals surface area contributed by atoms with Gasteiger partial charge in [-0.2, -0.15) is 0 Å². The Balaban J connectivity index is 1.40. The van der Waals surface area contributed by atoms with Crippen LogP contribution in [0.4, 0.5) is 16.2 Å². The average molecular weight is 811 g/mol. The lowest BCUT2D eigenvalue weighted by molar-refractivity contribution is -0.138. The fraction of sp³-hybridized carbons (Fsp3) is 0.467. The molecule has 0 unspecified atom stereocenters. The van der Waals surface area contributed by atoms with Crippen LogP contribution >= 0.6 is 0 Å². The van der Waals surface area contributed by atoms with Gasteiger partial charge in [-0.15, -0.1) is 0 Å². The lowest BCUT2D eigenvalue weighted by atomic mass is 9.69. The summed E-state index contributed by atoms with van der Waals surface area (Å²) in [5, 5.41) is 20.6. The van der Waals surface area contributed by atoms with Crippen molar-refractivity contribution in [2.24, 2.45) is 17.1 Å². The first-order valence-corrected chi connectivity index (χ1v) is 20.6. The van der Waals surface area contributed by atoms with Gasteiger partial charge in [0.15, 0.2) is 5.78 Å². The molecule has 3 aromatic rings. The van der Waals surface area contributed by atoms with E-state index in [0.29, 0.717) is 68.4 Å². The number of benzene rings is 2. The summed E-state index contributed by atoms with van der Waals surface area (Å²) in [7, 11) is 0. The summed E-state index contributed by atoms with van der Waals surface area (Å²) in [6.45, 7) is 2.27. The molecule has 14 nitrogen and oxygen atoms in total.